The van der Waals surface area contributed by atoms with Crippen LogP contribution in [0.25, 0.3) is 0 Å². The van der Waals surface area contributed by atoms with Crippen LogP contribution in [0.5, 0.6) is 5.75 Å². The van der Waals surface area contributed by atoms with E-state index in [1.165, 1.54) is 0 Å². The number of para-hydroxylation sites is 1. The molecule has 0 aliphatic heterocycles. The van der Waals surface area contributed by atoms with Gasteiger partial charge in [0.05, 0.1) is 0 Å². The summed E-state index contributed by atoms with van der Waals surface area (Å²) >= 11 is 0. The number of hydrogen-bond acceptors (Lipinski definition) is 2. The molecule has 3 heteroatoms. The van der Waals surface area contributed by atoms with Crippen molar-refractivity contribution < 1.29 is 5.11 Å². The molecule has 0 saturated carbocycles. The lowest BCUT2D eigenvalue weighted by atomic mass is 10.00. The van der Waals surface area contributed by atoms with Crippen LogP contribution in [0.15, 0.2) is 30.9 Å². The van der Waals surface area contributed by atoms with Crippen LogP contribution < -0.4 is 5.73 Å². The van der Waals surface area contributed by atoms with Crippen molar-refractivity contribution in [1.29, 1.82) is 0 Å². The van der Waals surface area contributed by atoms with Crippen LogP contribution in [0.3, 0.4) is 0 Å². The SMILES string of the molecule is C=CCC[C@H](N)c1cccc(C)c1O.Cl. The molecule has 0 radical (unpaired) electrons. The molecular formula is C12H18ClNO. The maximum atomic E-state index is 9.76. The molecule has 1 aromatic rings. The van der Waals surface area contributed by atoms with E-state index in [9.17, 15) is 5.11 Å². The molecule has 0 aliphatic carbocycles. The predicted molar refractivity (Wildman–Crippen MR) is 66.5 cm³/mol. The lowest BCUT2D eigenvalue weighted by Gasteiger charge is -2.13. The highest BCUT2D eigenvalue weighted by Gasteiger charge is 2.10. The lowest BCUT2D eigenvalue weighted by molar-refractivity contribution is 0.455. The summed E-state index contributed by atoms with van der Waals surface area (Å²) in [5.41, 5.74) is 7.64. The molecule has 0 aliphatic rings. The summed E-state index contributed by atoms with van der Waals surface area (Å²) < 4.78 is 0. The Bertz CT molecular complexity index is 325. The van der Waals surface area contributed by atoms with Crippen molar-refractivity contribution in [2.75, 3.05) is 0 Å². The monoisotopic (exact) mass is 227 g/mol. The molecule has 1 rings (SSSR count). The van der Waals surface area contributed by atoms with Crippen LogP contribution >= 0.6 is 12.4 Å². The van der Waals surface area contributed by atoms with Gasteiger partial charge < -0.3 is 10.8 Å². The summed E-state index contributed by atoms with van der Waals surface area (Å²) in [6, 6.07) is 5.56. The highest BCUT2D eigenvalue weighted by Crippen LogP contribution is 2.28. The summed E-state index contributed by atoms with van der Waals surface area (Å²) in [7, 11) is 0. The minimum atomic E-state index is -0.104. The Kier molecular flexibility index (Phi) is 6.06. The summed E-state index contributed by atoms with van der Waals surface area (Å²) in [6.45, 7) is 5.52. The molecule has 0 heterocycles. The fraction of sp³-hybridized carbons (Fsp3) is 0.333. The second-order valence-corrected chi connectivity index (χ2v) is 3.49. The first-order chi connectivity index (χ1) is 6.66. The van der Waals surface area contributed by atoms with Crippen molar-refractivity contribution in [3.63, 3.8) is 0 Å². The quantitative estimate of drug-likeness (QED) is 0.777. The molecule has 2 nitrogen and oxygen atoms in total. The summed E-state index contributed by atoms with van der Waals surface area (Å²) in [5.74, 6) is 0.323. The van der Waals surface area contributed by atoms with E-state index < -0.39 is 0 Å². The Morgan fingerprint density at radius 3 is 2.80 bits per heavy atom. The van der Waals surface area contributed by atoms with Crippen LogP contribution in [-0.4, -0.2) is 5.11 Å². The van der Waals surface area contributed by atoms with Crippen LogP contribution in [0.1, 0.15) is 30.0 Å². The van der Waals surface area contributed by atoms with Gasteiger partial charge in [0.2, 0.25) is 0 Å². The molecule has 0 saturated heterocycles. The number of aryl methyl sites for hydroxylation is 1. The Morgan fingerprint density at radius 1 is 1.53 bits per heavy atom. The zero-order chi connectivity index (χ0) is 10.6. The molecule has 0 spiro atoms. The van der Waals surface area contributed by atoms with E-state index in [1.807, 2.05) is 31.2 Å². The number of aromatic hydroxyl groups is 1. The fourth-order valence-electron chi connectivity index (χ4n) is 1.43. The number of benzene rings is 1. The number of phenols is 1. The van der Waals surface area contributed by atoms with Crippen molar-refractivity contribution in [3.05, 3.63) is 42.0 Å². The van der Waals surface area contributed by atoms with Gasteiger partial charge in [0.1, 0.15) is 5.75 Å². The van der Waals surface area contributed by atoms with E-state index in [2.05, 4.69) is 6.58 Å². The van der Waals surface area contributed by atoms with Crippen LogP contribution in [-0.2, 0) is 0 Å². The van der Waals surface area contributed by atoms with Crippen LogP contribution in [0.4, 0.5) is 0 Å². The maximum absolute atomic E-state index is 9.76. The first-order valence-corrected chi connectivity index (χ1v) is 4.81. The highest BCUT2D eigenvalue weighted by atomic mass is 35.5. The van der Waals surface area contributed by atoms with Crippen molar-refractivity contribution in [2.45, 2.75) is 25.8 Å². The molecule has 0 amide bonds. The second kappa shape index (κ2) is 6.49. The minimum absolute atomic E-state index is 0. The van der Waals surface area contributed by atoms with E-state index >= 15 is 0 Å². The van der Waals surface area contributed by atoms with E-state index in [0.29, 0.717) is 5.75 Å². The third kappa shape index (κ3) is 3.57. The lowest BCUT2D eigenvalue weighted by Crippen LogP contribution is -2.10. The van der Waals surface area contributed by atoms with Gasteiger partial charge in [-0.3, -0.25) is 0 Å². The molecule has 0 fully saturated rings. The zero-order valence-corrected chi connectivity index (χ0v) is 9.76. The van der Waals surface area contributed by atoms with Gasteiger partial charge in [0, 0.05) is 11.6 Å². The largest absolute Gasteiger partial charge is 0.507 e. The molecule has 0 unspecified atom stereocenters. The third-order valence-corrected chi connectivity index (χ3v) is 2.35. The molecule has 1 aromatic carbocycles. The number of rotatable bonds is 4. The van der Waals surface area contributed by atoms with Crippen LogP contribution in [0.2, 0.25) is 0 Å². The van der Waals surface area contributed by atoms with Gasteiger partial charge in [-0.05, 0) is 25.3 Å². The predicted octanol–water partition coefficient (Wildman–Crippen LogP) is 3.09. The highest BCUT2D eigenvalue weighted by molar-refractivity contribution is 5.85. The summed E-state index contributed by atoms with van der Waals surface area (Å²) in [4.78, 5) is 0. The summed E-state index contributed by atoms with van der Waals surface area (Å²) in [6.07, 6.45) is 3.53. The van der Waals surface area contributed by atoms with Gasteiger partial charge in [-0.1, -0.05) is 24.3 Å². The molecule has 0 aromatic heterocycles. The Balaban J connectivity index is 0.00000196. The number of allylic oxidation sites excluding steroid dienone is 1. The van der Waals surface area contributed by atoms with E-state index in [1.54, 1.807) is 0 Å². The minimum Gasteiger partial charge on any atom is -0.507 e. The van der Waals surface area contributed by atoms with E-state index in [-0.39, 0.29) is 18.4 Å². The Morgan fingerprint density at radius 2 is 2.20 bits per heavy atom. The zero-order valence-electron chi connectivity index (χ0n) is 8.94. The topological polar surface area (TPSA) is 46.2 Å². The second-order valence-electron chi connectivity index (χ2n) is 3.49. The third-order valence-electron chi connectivity index (χ3n) is 2.35. The van der Waals surface area contributed by atoms with Gasteiger partial charge in [-0.25, -0.2) is 0 Å². The smallest absolute Gasteiger partial charge is 0.123 e. The molecule has 3 N–H and O–H groups in total. The van der Waals surface area contributed by atoms with Gasteiger partial charge in [-0.15, -0.1) is 19.0 Å². The normalized spacial score (nSPS) is 11.6. The molecule has 0 bridgehead atoms. The first kappa shape index (κ1) is 14.0. The fourth-order valence-corrected chi connectivity index (χ4v) is 1.43. The molecule has 84 valence electrons. The summed E-state index contributed by atoms with van der Waals surface area (Å²) in [5, 5.41) is 9.76. The van der Waals surface area contributed by atoms with Gasteiger partial charge in [0.15, 0.2) is 0 Å². The maximum Gasteiger partial charge on any atom is 0.123 e. The van der Waals surface area contributed by atoms with E-state index in [4.69, 9.17) is 5.73 Å². The van der Waals surface area contributed by atoms with Crippen molar-refractivity contribution in [2.24, 2.45) is 5.73 Å². The Labute approximate surface area is 97.2 Å². The first-order valence-electron chi connectivity index (χ1n) is 4.81. The number of hydrogen-bond donors (Lipinski definition) is 2. The van der Waals surface area contributed by atoms with Crippen molar-refractivity contribution in [1.82, 2.24) is 0 Å². The van der Waals surface area contributed by atoms with Crippen molar-refractivity contribution >= 4 is 12.4 Å². The number of halogens is 1. The Hall–Kier alpha value is -0.990. The molecular weight excluding hydrogens is 210 g/mol. The van der Waals surface area contributed by atoms with Gasteiger partial charge in [0.25, 0.3) is 0 Å². The standard InChI is InChI=1S/C12H17NO.ClH/c1-3-4-8-11(13)10-7-5-6-9(2)12(10)14;/h3,5-7,11,14H,1,4,8,13H2,2H3;1H/t11-;/m0./s1. The van der Waals surface area contributed by atoms with E-state index in [0.717, 1.165) is 24.0 Å². The number of phenolic OH excluding ortho intramolecular Hbond substituents is 1. The van der Waals surface area contributed by atoms with Gasteiger partial charge >= 0.3 is 0 Å². The molecule has 1 atom stereocenters. The van der Waals surface area contributed by atoms with Gasteiger partial charge in [-0.2, -0.15) is 0 Å². The van der Waals surface area contributed by atoms with Crippen LogP contribution in [0, 0.1) is 6.92 Å². The average molecular weight is 228 g/mol. The number of nitrogens with two attached hydrogens (primary N) is 1. The van der Waals surface area contributed by atoms with Crippen molar-refractivity contribution in [3.8, 4) is 5.75 Å². The molecule has 15 heavy (non-hydrogen) atoms. The average Bonchev–Trinajstić information content (AvgIpc) is 2.18.